The van der Waals surface area contributed by atoms with Gasteiger partial charge in [0.1, 0.15) is 0 Å². The van der Waals surface area contributed by atoms with E-state index in [1.54, 1.807) is 0 Å². The lowest BCUT2D eigenvalue weighted by Crippen LogP contribution is -2.74. The van der Waals surface area contributed by atoms with Crippen LogP contribution in [0.3, 0.4) is 0 Å². The van der Waals surface area contributed by atoms with Crippen molar-refractivity contribution < 1.29 is 0 Å². The first-order chi connectivity index (χ1) is 22.2. The Balaban J connectivity index is 1.37. The molecule has 0 unspecified atom stereocenters. The van der Waals surface area contributed by atoms with E-state index in [0.29, 0.717) is 11.8 Å². The van der Waals surface area contributed by atoms with Crippen molar-refractivity contribution in [1.82, 2.24) is 19.5 Å². The Kier molecular flexibility index (Phi) is 6.82. The Labute approximate surface area is 267 Å². The molecule has 4 nitrogen and oxygen atoms in total. The fourth-order valence-electron chi connectivity index (χ4n) is 6.66. The van der Waals surface area contributed by atoms with E-state index in [-0.39, 0.29) is 5.28 Å². The third-order valence-corrected chi connectivity index (χ3v) is 13.5. The highest BCUT2D eigenvalue weighted by Gasteiger charge is 2.41. The molecule has 0 saturated carbocycles. The Bertz CT molecular complexity index is 2140. The molecule has 0 bridgehead atoms. The largest absolute Gasteiger partial charge is 0.278 e. The zero-order chi connectivity index (χ0) is 30.2. The van der Waals surface area contributed by atoms with Crippen LogP contribution in [0.4, 0.5) is 0 Å². The van der Waals surface area contributed by atoms with Crippen LogP contribution in [-0.2, 0) is 0 Å². The number of hydrogen-bond acceptors (Lipinski definition) is 3. The number of hydrogen-bond donors (Lipinski definition) is 0. The van der Waals surface area contributed by atoms with Crippen LogP contribution in [-0.4, -0.2) is 27.6 Å². The smallest absolute Gasteiger partial charge is 0.239 e. The Morgan fingerprint density at radius 2 is 0.911 bits per heavy atom. The van der Waals surface area contributed by atoms with Crippen LogP contribution in [0.15, 0.2) is 164 Å². The van der Waals surface area contributed by atoms with E-state index in [0.717, 1.165) is 27.4 Å². The molecule has 0 radical (unpaired) electrons. The molecule has 45 heavy (non-hydrogen) atoms. The van der Waals surface area contributed by atoms with Crippen molar-refractivity contribution >= 4 is 62.2 Å². The van der Waals surface area contributed by atoms with Crippen LogP contribution in [0.2, 0.25) is 5.28 Å². The summed E-state index contributed by atoms with van der Waals surface area (Å²) in [5.74, 6) is 1.02. The van der Waals surface area contributed by atoms with Gasteiger partial charge in [-0.3, -0.25) is 4.57 Å². The molecule has 0 N–H and O–H groups in total. The van der Waals surface area contributed by atoms with E-state index in [1.807, 2.05) is 12.1 Å². The number of fused-ring (bicyclic) bond motifs is 3. The van der Waals surface area contributed by atoms with Gasteiger partial charge in [0.05, 0.1) is 11.0 Å². The van der Waals surface area contributed by atoms with Gasteiger partial charge in [0.25, 0.3) is 0 Å². The van der Waals surface area contributed by atoms with Crippen LogP contribution >= 0.6 is 11.6 Å². The second-order valence-corrected chi connectivity index (χ2v) is 15.2. The Morgan fingerprint density at radius 3 is 1.44 bits per heavy atom. The van der Waals surface area contributed by atoms with Crippen molar-refractivity contribution in [3.63, 3.8) is 0 Å². The molecule has 0 atom stereocenters. The molecule has 2 aromatic heterocycles. The number of para-hydroxylation sites is 2. The molecule has 8 aromatic rings. The van der Waals surface area contributed by atoms with Crippen LogP contribution in [0.5, 0.6) is 0 Å². The Morgan fingerprint density at radius 1 is 0.444 bits per heavy atom. The summed E-state index contributed by atoms with van der Waals surface area (Å²) in [4.78, 5) is 14.4. The third-order valence-electron chi connectivity index (χ3n) is 8.55. The lowest BCUT2D eigenvalue weighted by Gasteiger charge is -2.34. The van der Waals surface area contributed by atoms with E-state index in [9.17, 15) is 0 Å². The maximum Gasteiger partial charge on any atom is 0.239 e. The van der Waals surface area contributed by atoms with Gasteiger partial charge in [0.2, 0.25) is 11.2 Å². The van der Waals surface area contributed by atoms with E-state index >= 15 is 0 Å². The van der Waals surface area contributed by atoms with Crippen molar-refractivity contribution in [1.29, 1.82) is 0 Å². The minimum atomic E-state index is -2.73. The van der Waals surface area contributed by atoms with Crippen LogP contribution in [0, 0.1) is 0 Å². The lowest BCUT2D eigenvalue weighted by molar-refractivity contribution is 0.947. The SMILES string of the molecule is Clc1nc(-c2cccc([Si](c3ccccc3)(c3ccccc3)c3ccccc3)c2)nc(-n2c3ccccc3c3ccccc32)n1. The monoisotopic (exact) mass is 614 g/mol. The summed E-state index contributed by atoms with van der Waals surface area (Å²) >= 11 is 6.67. The fourth-order valence-corrected chi connectivity index (χ4v) is 11.6. The third kappa shape index (κ3) is 4.56. The molecule has 8 rings (SSSR count). The molecule has 0 spiro atoms. The lowest BCUT2D eigenvalue weighted by atomic mass is 10.2. The van der Waals surface area contributed by atoms with Gasteiger partial charge in [0, 0.05) is 16.3 Å². The van der Waals surface area contributed by atoms with Gasteiger partial charge >= 0.3 is 0 Å². The van der Waals surface area contributed by atoms with E-state index in [2.05, 4.69) is 166 Å². The summed E-state index contributed by atoms with van der Waals surface area (Å²) in [5.41, 5.74) is 2.92. The summed E-state index contributed by atoms with van der Waals surface area (Å²) in [6, 6.07) is 57.9. The second-order valence-electron chi connectivity index (χ2n) is 11.0. The molecule has 2 heterocycles. The van der Waals surface area contributed by atoms with Crippen LogP contribution < -0.4 is 20.7 Å². The number of rotatable bonds is 6. The Hall–Kier alpha value is -5.36. The van der Waals surface area contributed by atoms with Gasteiger partial charge in [-0.05, 0) is 44.5 Å². The molecule has 0 aliphatic carbocycles. The normalized spacial score (nSPS) is 11.7. The summed E-state index contributed by atoms with van der Waals surface area (Å²) in [5, 5.41) is 7.58. The predicted octanol–water partition coefficient (Wildman–Crippen LogP) is 6.67. The van der Waals surface area contributed by atoms with Gasteiger partial charge in [-0.25, -0.2) is 0 Å². The van der Waals surface area contributed by atoms with E-state index in [4.69, 9.17) is 16.6 Å². The first kappa shape index (κ1) is 27.2. The standard InChI is InChI=1S/C39H27ClN4Si/c40-38-41-37(42-39(43-38)44-35-25-12-10-23-33(35)34-24-11-13-26-36(34)44)28-15-14-22-32(27-28)45(29-16-4-1-5-17-29,30-18-6-2-7-19-30)31-20-8-3-9-21-31/h1-27H. The van der Waals surface area contributed by atoms with E-state index < -0.39 is 8.07 Å². The molecule has 214 valence electrons. The van der Waals surface area contributed by atoms with Crippen molar-refractivity contribution in [3.05, 3.63) is 169 Å². The molecule has 0 aliphatic rings. The van der Waals surface area contributed by atoms with Crippen molar-refractivity contribution in [3.8, 4) is 17.3 Å². The van der Waals surface area contributed by atoms with Gasteiger partial charge in [-0.1, -0.05) is 152 Å². The maximum absolute atomic E-state index is 6.67. The van der Waals surface area contributed by atoms with Gasteiger partial charge in [-0.15, -0.1) is 0 Å². The van der Waals surface area contributed by atoms with E-state index in [1.165, 1.54) is 20.7 Å². The average molecular weight is 615 g/mol. The van der Waals surface area contributed by atoms with Gasteiger partial charge in [0.15, 0.2) is 13.9 Å². The van der Waals surface area contributed by atoms with Crippen LogP contribution in [0.25, 0.3) is 39.1 Å². The zero-order valence-corrected chi connectivity index (χ0v) is 26.0. The highest BCUT2D eigenvalue weighted by molar-refractivity contribution is 7.19. The number of benzene rings is 6. The highest BCUT2D eigenvalue weighted by atomic mass is 35.5. The minimum Gasteiger partial charge on any atom is -0.278 e. The van der Waals surface area contributed by atoms with Gasteiger partial charge in [-0.2, -0.15) is 15.0 Å². The summed E-state index contributed by atoms with van der Waals surface area (Å²) < 4.78 is 2.07. The predicted molar refractivity (Wildman–Crippen MR) is 188 cm³/mol. The maximum atomic E-state index is 6.67. The first-order valence-electron chi connectivity index (χ1n) is 14.9. The molecule has 0 aliphatic heterocycles. The minimum absolute atomic E-state index is 0.153. The summed E-state index contributed by atoms with van der Waals surface area (Å²) in [6.45, 7) is 0. The zero-order valence-electron chi connectivity index (χ0n) is 24.3. The summed E-state index contributed by atoms with van der Waals surface area (Å²) in [7, 11) is -2.73. The first-order valence-corrected chi connectivity index (χ1v) is 17.3. The fraction of sp³-hybridized carbons (Fsp3) is 0. The quantitative estimate of drug-likeness (QED) is 0.155. The number of nitrogens with zero attached hydrogens (tertiary/aromatic N) is 4. The molecular weight excluding hydrogens is 588 g/mol. The molecule has 6 aromatic carbocycles. The molecule has 0 amide bonds. The number of aromatic nitrogens is 4. The topological polar surface area (TPSA) is 43.6 Å². The van der Waals surface area contributed by atoms with Crippen molar-refractivity contribution in [2.75, 3.05) is 0 Å². The number of halogens is 1. The average Bonchev–Trinajstić information content (AvgIpc) is 3.45. The van der Waals surface area contributed by atoms with Crippen molar-refractivity contribution in [2.24, 2.45) is 0 Å². The van der Waals surface area contributed by atoms with Crippen LogP contribution in [0.1, 0.15) is 0 Å². The molecular formula is C39H27ClN4Si. The second kappa shape index (κ2) is 11.3. The van der Waals surface area contributed by atoms with Gasteiger partial charge < -0.3 is 0 Å². The molecule has 6 heteroatoms. The highest BCUT2D eigenvalue weighted by Crippen LogP contribution is 2.31. The molecule has 0 saturated heterocycles. The summed E-state index contributed by atoms with van der Waals surface area (Å²) in [6.07, 6.45) is 0. The van der Waals surface area contributed by atoms with Crippen molar-refractivity contribution in [2.45, 2.75) is 0 Å². The molecule has 0 fully saturated rings.